The highest BCUT2D eigenvalue weighted by Gasteiger charge is 2.37. The van der Waals surface area contributed by atoms with Crippen molar-refractivity contribution in [2.45, 2.75) is 32.0 Å². The van der Waals surface area contributed by atoms with E-state index in [0.29, 0.717) is 31.9 Å². The van der Waals surface area contributed by atoms with E-state index in [4.69, 9.17) is 4.74 Å². The molecule has 1 N–H and O–H groups in total. The van der Waals surface area contributed by atoms with E-state index in [1.165, 1.54) is 9.80 Å². The minimum Gasteiger partial charge on any atom is -0.501 e. The molecule has 152 valence electrons. The van der Waals surface area contributed by atoms with Crippen molar-refractivity contribution in [1.29, 1.82) is 0 Å². The summed E-state index contributed by atoms with van der Waals surface area (Å²) in [6.07, 6.45) is 0.832. The van der Waals surface area contributed by atoms with E-state index in [1.54, 1.807) is 11.6 Å². The Morgan fingerprint density at radius 1 is 1.21 bits per heavy atom. The van der Waals surface area contributed by atoms with Crippen molar-refractivity contribution in [2.24, 2.45) is 0 Å². The summed E-state index contributed by atoms with van der Waals surface area (Å²) in [6, 6.07) is 8.88. The van der Waals surface area contributed by atoms with Crippen LogP contribution >= 0.6 is 0 Å². The fraction of sp³-hybridized carbons (Fsp3) is 0.400. The van der Waals surface area contributed by atoms with Crippen molar-refractivity contribution in [3.8, 4) is 5.75 Å². The number of fused-ring (bicyclic) bond motifs is 1. The highest BCUT2D eigenvalue weighted by molar-refractivity contribution is 5.95. The third-order valence-corrected chi connectivity index (χ3v) is 5.39. The molecular formula is C20H22N4O5. The van der Waals surface area contributed by atoms with E-state index < -0.39 is 29.4 Å². The first-order valence-corrected chi connectivity index (χ1v) is 9.54. The first-order valence-electron chi connectivity index (χ1n) is 9.54. The smallest absolute Gasteiger partial charge is 0.410 e. The molecule has 9 heteroatoms. The molecule has 1 saturated heterocycles. The topological polar surface area (TPSA) is 105 Å². The van der Waals surface area contributed by atoms with Crippen LogP contribution in [0.2, 0.25) is 0 Å². The Labute approximate surface area is 167 Å². The van der Waals surface area contributed by atoms with E-state index >= 15 is 0 Å². The van der Waals surface area contributed by atoms with E-state index in [0.717, 1.165) is 12.0 Å². The van der Waals surface area contributed by atoms with Crippen LogP contribution in [0.25, 0.3) is 0 Å². The molecule has 4 rings (SSSR count). The zero-order valence-electron chi connectivity index (χ0n) is 16.1. The predicted molar refractivity (Wildman–Crippen MR) is 102 cm³/mol. The lowest BCUT2D eigenvalue weighted by atomic mass is 10.1. The van der Waals surface area contributed by atoms with Gasteiger partial charge in [-0.05, 0) is 18.4 Å². The molecule has 0 bridgehead atoms. The Morgan fingerprint density at radius 2 is 1.97 bits per heavy atom. The van der Waals surface area contributed by atoms with E-state index in [9.17, 15) is 19.5 Å². The number of benzene rings is 1. The van der Waals surface area contributed by atoms with Gasteiger partial charge in [-0.2, -0.15) is 4.98 Å². The van der Waals surface area contributed by atoms with Crippen molar-refractivity contribution in [3.63, 3.8) is 0 Å². The molecule has 1 atom stereocenters. The van der Waals surface area contributed by atoms with Crippen LogP contribution in [0.3, 0.4) is 0 Å². The summed E-state index contributed by atoms with van der Waals surface area (Å²) in [5.41, 5.74) is -0.0563. The average molecular weight is 398 g/mol. The number of likely N-dealkylation sites (N-methyl/N-ethyl adjacent to an activating group) is 1. The second-order valence-corrected chi connectivity index (χ2v) is 7.24. The quantitative estimate of drug-likeness (QED) is 0.840. The Hall–Kier alpha value is -3.36. The monoisotopic (exact) mass is 398 g/mol. The fourth-order valence-corrected chi connectivity index (χ4v) is 3.85. The van der Waals surface area contributed by atoms with Crippen molar-refractivity contribution >= 4 is 12.0 Å². The number of carbonyl (C=O) groups excluding carboxylic acids is 2. The highest BCUT2D eigenvalue weighted by atomic mass is 16.6. The molecule has 29 heavy (non-hydrogen) atoms. The Bertz CT molecular complexity index is 1000. The highest BCUT2D eigenvalue weighted by Crippen LogP contribution is 2.33. The normalized spacial score (nSPS) is 18.7. The van der Waals surface area contributed by atoms with Crippen LogP contribution in [0.5, 0.6) is 5.75 Å². The first kappa shape index (κ1) is 19.0. The van der Waals surface area contributed by atoms with Crippen LogP contribution < -0.4 is 5.56 Å². The van der Waals surface area contributed by atoms with Gasteiger partial charge in [-0.1, -0.05) is 30.3 Å². The van der Waals surface area contributed by atoms with Crippen molar-refractivity contribution in [1.82, 2.24) is 19.4 Å². The summed E-state index contributed by atoms with van der Waals surface area (Å²) in [6.45, 7) is 1.43. The van der Waals surface area contributed by atoms with Crippen molar-refractivity contribution < 1.29 is 19.4 Å². The summed E-state index contributed by atoms with van der Waals surface area (Å²) in [4.78, 5) is 44.4. The molecule has 1 aromatic heterocycles. The van der Waals surface area contributed by atoms with E-state index in [-0.39, 0.29) is 12.3 Å². The maximum absolute atomic E-state index is 12.7. The SMILES string of the molecule is CN1CCn2c(C3CCCN3C(=O)OCc3ccccc3)nc(=O)c(O)c2C1=O. The molecule has 0 spiro atoms. The average Bonchev–Trinajstić information content (AvgIpc) is 3.21. The summed E-state index contributed by atoms with van der Waals surface area (Å²) in [5.74, 6) is -0.773. The predicted octanol–water partition coefficient (Wildman–Crippen LogP) is 1.51. The second kappa shape index (κ2) is 7.57. The maximum Gasteiger partial charge on any atom is 0.410 e. The van der Waals surface area contributed by atoms with Gasteiger partial charge in [0.1, 0.15) is 12.4 Å². The minimum absolute atomic E-state index is 0.0711. The molecule has 2 amide bonds. The third kappa shape index (κ3) is 3.43. The zero-order chi connectivity index (χ0) is 20.5. The molecule has 2 aromatic rings. The van der Waals surface area contributed by atoms with Gasteiger partial charge in [0.15, 0.2) is 5.69 Å². The fourth-order valence-electron chi connectivity index (χ4n) is 3.85. The number of aromatic hydroxyl groups is 1. The first-order chi connectivity index (χ1) is 14.0. The number of likely N-dealkylation sites (tertiary alicyclic amines) is 1. The van der Waals surface area contributed by atoms with Crippen LogP contribution in [0.15, 0.2) is 35.1 Å². The molecule has 0 aliphatic carbocycles. The summed E-state index contributed by atoms with van der Waals surface area (Å²) < 4.78 is 7.01. The molecule has 1 aromatic carbocycles. The van der Waals surface area contributed by atoms with Crippen LogP contribution in [-0.2, 0) is 17.9 Å². The van der Waals surface area contributed by atoms with Gasteiger partial charge in [0.05, 0.1) is 6.04 Å². The molecule has 2 aliphatic heterocycles. The molecule has 0 saturated carbocycles. The minimum atomic E-state index is -0.862. The van der Waals surface area contributed by atoms with Gasteiger partial charge in [-0.3, -0.25) is 14.5 Å². The van der Waals surface area contributed by atoms with Crippen LogP contribution in [0.4, 0.5) is 4.79 Å². The van der Waals surface area contributed by atoms with Crippen molar-refractivity contribution in [2.75, 3.05) is 20.1 Å². The van der Waals surface area contributed by atoms with Gasteiger partial charge in [-0.15, -0.1) is 0 Å². The molecule has 2 aliphatic rings. The second-order valence-electron chi connectivity index (χ2n) is 7.24. The third-order valence-electron chi connectivity index (χ3n) is 5.39. The lowest BCUT2D eigenvalue weighted by molar-refractivity contribution is 0.0730. The number of amides is 2. The molecule has 1 fully saturated rings. The molecule has 9 nitrogen and oxygen atoms in total. The van der Waals surface area contributed by atoms with Gasteiger partial charge in [0.25, 0.3) is 5.91 Å². The summed E-state index contributed by atoms with van der Waals surface area (Å²) >= 11 is 0. The lowest BCUT2D eigenvalue weighted by Crippen LogP contribution is -2.43. The Morgan fingerprint density at radius 3 is 2.72 bits per heavy atom. The van der Waals surface area contributed by atoms with Crippen LogP contribution in [-0.4, -0.2) is 56.6 Å². The number of aromatic nitrogens is 2. The molecule has 1 unspecified atom stereocenters. The van der Waals surface area contributed by atoms with E-state index in [2.05, 4.69) is 4.98 Å². The lowest BCUT2D eigenvalue weighted by Gasteiger charge is -2.31. The van der Waals surface area contributed by atoms with Gasteiger partial charge in [0.2, 0.25) is 5.75 Å². The number of ether oxygens (including phenoxy) is 1. The van der Waals surface area contributed by atoms with Gasteiger partial charge in [-0.25, -0.2) is 4.79 Å². The van der Waals surface area contributed by atoms with Gasteiger partial charge in [0, 0.05) is 26.7 Å². The zero-order valence-corrected chi connectivity index (χ0v) is 16.1. The molecular weight excluding hydrogens is 376 g/mol. The molecule has 3 heterocycles. The summed E-state index contributed by atoms with van der Waals surface area (Å²) in [7, 11) is 1.61. The van der Waals surface area contributed by atoms with Crippen LogP contribution in [0.1, 0.15) is 40.8 Å². The largest absolute Gasteiger partial charge is 0.501 e. The number of carbonyl (C=O) groups is 2. The van der Waals surface area contributed by atoms with Gasteiger partial charge < -0.3 is 19.3 Å². The number of nitrogens with zero attached hydrogens (tertiary/aromatic N) is 4. The Kier molecular flexibility index (Phi) is 4.96. The maximum atomic E-state index is 12.7. The number of rotatable bonds is 3. The number of hydrogen-bond donors (Lipinski definition) is 1. The van der Waals surface area contributed by atoms with Gasteiger partial charge >= 0.3 is 11.7 Å². The van der Waals surface area contributed by atoms with Crippen molar-refractivity contribution in [3.05, 3.63) is 57.8 Å². The van der Waals surface area contributed by atoms with Crippen LogP contribution in [0, 0.1) is 0 Å². The standard InChI is InChI=1S/C20H22N4O5/c1-22-10-11-24-15(19(22)27)16(25)18(26)21-17(24)14-8-5-9-23(14)20(28)29-12-13-6-3-2-4-7-13/h2-4,6-7,14,25H,5,8-12H2,1H3. The number of hydrogen-bond acceptors (Lipinski definition) is 6. The summed E-state index contributed by atoms with van der Waals surface area (Å²) in [5, 5.41) is 10.1. The van der Waals surface area contributed by atoms with E-state index in [1.807, 2.05) is 30.3 Å². The molecule has 0 radical (unpaired) electrons. The Balaban J connectivity index is 1.62.